The fraction of sp³-hybridized carbons (Fsp3) is 0.143. The number of amides is 2. The monoisotopic (exact) mass is 366 g/mol. The summed E-state index contributed by atoms with van der Waals surface area (Å²) < 4.78 is 0.972. The molecular weight excluding hydrogens is 352 g/mol. The Bertz CT molecular complexity index is 720. The second kappa shape index (κ2) is 7.88. The third-order valence-electron chi connectivity index (χ3n) is 2.93. The Morgan fingerprint density at radius 3 is 1.58 bits per heavy atom. The van der Waals surface area contributed by atoms with E-state index in [1.54, 1.807) is 12.1 Å². The Morgan fingerprint density at radius 1 is 0.875 bits per heavy atom. The largest absolute Gasteiger partial charge is 0.618 e. The Balaban J connectivity index is 2.17. The molecule has 2 N–H and O–H groups in total. The van der Waals surface area contributed by atoms with Gasteiger partial charge in [-0.2, -0.15) is 9.46 Å². The Kier molecular flexibility index (Phi) is 5.88. The van der Waals surface area contributed by atoms with E-state index in [9.17, 15) is 20.0 Å². The molecule has 0 aliphatic rings. The zero-order valence-corrected chi connectivity index (χ0v) is 14.4. The van der Waals surface area contributed by atoms with Gasteiger partial charge in [0.05, 0.1) is 0 Å². The van der Waals surface area contributed by atoms with Gasteiger partial charge in [-0.15, -0.1) is 0 Å². The minimum absolute atomic E-state index is 0.0142. The highest BCUT2D eigenvalue weighted by Gasteiger charge is 2.17. The molecule has 0 unspecified atom stereocenters. The number of pyridine rings is 2. The molecular formula is C14H14N4O4S2. The molecule has 0 saturated heterocycles. The highest BCUT2D eigenvalue weighted by atomic mass is 33.1. The van der Waals surface area contributed by atoms with Gasteiger partial charge in [0, 0.05) is 48.2 Å². The number of rotatable bonds is 5. The van der Waals surface area contributed by atoms with Crippen molar-refractivity contribution < 1.29 is 19.0 Å². The van der Waals surface area contributed by atoms with E-state index < -0.39 is 11.8 Å². The molecule has 2 rings (SSSR count). The van der Waals surface area contributed by atoms with Gasteiger partial charge in [0.1, 0.15) is 0 Å². The van der Waals surface area contributed by atoms with Gasteiger partial charge in [0.15, 0.2) is 12.4 Å². The van der Waals surface area contributed by atoms with Gasteiger partial charge in [0.2, 0.25) is 0 Å². The first-order chi connectivity index (χ1) is 11.5. The molecule has 0 aromatic carbocycles. The van der Waals surface area contributed by atoms with Crippen molar-refractivity contribution in [2.75, 3.05) is 14.1 Å². The maximum Gasteiger partial charge on any atom is 0.317 e. The van der Waals surface area contributed by atoms with Crippen LogP contribution in [-0.2, 0) is 0 Å². The summed E-state index contributed by atoms with van der Waals surface area (Å²) in [6, 6.07) is 6.10. The van der Waals surface area contributed by atoms with Gasteiger partial charge < -0.3 is 21.0 Å². The predicted octanol–water partition coefficient (Wildman–Crippen LogP) is 0.472. The maximum atomic E-state index is 11.6. The van der Waals surface area contributed by atoms with Crippen LogP contribution in [0.2, 0.25) is 0 Å². The van der Waals surface area contributed by atoms with E-state index in [2.05, 4.69) is 10.6 Å². The third-order valence-corrected chi connectivity index (χ3v) is 5.32. The zero-order chi connectivity index (χ0) is 17.7. The predicted molar refractivity (Wildman–Crippen MR) is 89.3 cm³/mol. The molecule has 126 valence electrons. The van der Waals surface area contributed by atoms with Crippen LogP contribution in [0.25, 0.3) is 0 Å². The second-order valence-electron chi connectivity index (χ2n) is 4.47. The summed E-state index contributed by atoms with van der Waals surface area (Å²) in [5.41, 5.74) is -0.0285. The molecule has 0 bridgehead atoms. The Morgan fingerprint density at radius 2 is 1.25 bits per heavy atom. The number of aromatic nitrogens is 2. The molecule has 0 radical (unpaired) electrons. The van der Waals surface area contributed by atoms with E-state index >= 15 is 0 Å². The van der Waals surface area contributed by atoms with Gasteiger partial charge in [-0.05, 0) is 0 Å². The van der Waals surface area contributed by atoms with Crippen molar-refractivity contribution in [3.8, 4) is 0 Å². The van der Waals surface area contributed by atoms with Crippen molar-refractivity contribution in [3.05, 3.63) is 58.5 Å². The van der Waals surface area contributed by atoms with Crippen LogP contribution in [0, 0.1) is 10.4 Å². The van der Waals surface area contributed by atoms with E-state index in [-0.39, 0.29) is 11.4 Å². The van der Waals surface area contributed by atoms with Crippen molar-refractivity contribution in [1.29, 1.82) is 0 Å². The van der Waals surface area contributed by atoms with Crippen molar-refractivity contribution in [3.63, 3.8) is 0 Å². The topological polar surface area (TPSA) is 112 Å². The Labute approximate surface area is 145 Å². The minimum Gasteiger partial charge on any atom is -0.618 e. The first-order valence-corrected chi connectivity index (χ1v) is 8.86. The first-order valence-electron chi connectivity index (χ1n) is 6.71. The lowest BCUT2D eigenvalue weighted by Gasteiger charge is -2.07. The van der Waals surface area contributed by atoms with Gasteiger partial charge in [-0.1, -0.05) is 21.6 Å². The Hall–Kier alpha value is -2.46. The lowest BCUT2D eigenvalue weighted by atomic mass is 10.3. The summed E-state index contributed by atoms with van der Waals surface area (Å²) in [7, 11) is 5.49. The van der Waals surface area contributed by atoms with Gasteiger partial charge in [-0.25, -0.2) is 0 Å². The van der Waals surface area contributed by atoms with Crippen molar-refractivity contribution in [2.24, 2.45) is 0 Å². The minimum atomic E-state index is -0.480. The average molecular weight is 366 g/mol. The first kappa shape index (κ1) is 17.9. The lowest BCUT2D eigenvalue weighted by molar-refractivity contribution is -0.608. The quantitative estimate of drug-likeness (QED) is 0.452. The van der Waals surface area contributed by atoms with Crippen molar-refractivity contribution in [2.45, 2.75) is 9.79 Å². The third kappa shape index (κ3) is 4.09. The summed E-state index contributed by atoms with van der Waals surface area (Å²) in [4.78, 5) is 24.6. The van der Waals surface area contributed by atoms with Crippen LogP contribution in [-0.4, -0.2) is 25.9 Å². The van der Waals surface area contributed by atoms with E-state index in [0.29, 0.717) is 19.3 Å². The number of carbonyl (C=O) groups is 2. The molecule has 8 nitrogen and oxygen atoms in total. The van der Waals surface area contributed by atoms with Crippen LogP contribution in [0.3, 0.4) is 0 Å². The lowest BCUT2D eigenvalue weighted by Crippen LogP contribution is -2.38. The highest BCUT2D eigenvalue weighted by molar-refractivity contribution is 8.76. The maximum absolute atomic E-state index is 11.6. The number of nitrogens with one attached hydrogen (secondary N) is 2. The molecule has 0 aliphatic carbocycles. The van der Waals surface area contributed by atoms with E-state index in [4.69, 9.17) is 0 Å². The summed E-state index contributed by atoms with van der Waals surface area (Å²) in [5.74, 6) is -0.960. The van der Waals surface area contributed by atoms with Crippen molar-refractivity contribution >= 4 is 33.4 Å². The standard InChI is InChI=1S/C14H14N4O4S2/c1-15-13(19)11-7-9(3-5-17(11)21)23-24-10-4-6-18(22)12(8-10)14(20)16-2/h3-8H,1-2H3,(H,15,19)(H,16,20). The molecule has 2 heterocycles. The molecule has 0 saturated carbocycles. The molecule has 0 spiro atoms. The van der Waals surface area contributed by atoms with Gasteiger partial charge in [0.25, 0.3) is 11.4 Å². The summed E-state index contributed by atoms with van der Waals surface area (Å²) in [6.45, 7) is 0. The molecule has 24 heavy (non-hydrogen) atoms. The number of hydrogen-bond acceptors (Lipinski definition) is 6. The van der Waals surface area contributed by atoms with E-state index in [0.717, 1.165) is 0 Å². The summed E-state index contributed by atoms with van der Waals surface area (Å²) in [5, 5.41) is 28.0. The van der Waals surface area contributed by atoms with E-state index in [1.807, 2.05) is 0 Å². The highest BCUT2D eigenvalue weighted by Crippen LogP contribution is 2.37. The smallest absolute Gasteiger partial charge is 0.317 e. The fourth-order valence-corrected chi connectivity index (χ4v) is 3.67. The summed E-state index contributed by atoms with van der Waals surface area (Å²) in [6.07, 6.45) is 2.50. The molecule has 10 heteroatoms. The van der Waals surface area contributed by atoms with Gasteiger partial charge >= 0.3 is 11.8 Å². The van der Waals surface area contributed by atoms with Gasteiger partial charge in [-0.3, -0.25) is 9.59 Å². The number of carbonyl (C=O) groups excluding carboxylic acids is 2. The van der Waals surface area contributed by atoms with E-state index in [1.165, 1.54) is 60.2 Å². The van der Waals surface area contributed by atoms with Crippen LogP contribution in [0.4, 0.5) is 0 Å². The van der Waals surface area contributed by atoms with Crippen molar-refractivity contribution in [1.82, 2.24) is 10.6 Å². The second-order valence-corrected chi connectivity index (χ2v) is 6.75. The SMILES string of the molecule is CNC(=O)c1cc(SSc2cc[n+]([O-])c(C(=O)NC)c2)cc[n+]1[O-]. The van der Waals surface area contributed by atoms with Crippen LogP contribution < -0.4 is 20.1 Å². The molecule has 2 aromatic heterocycles. The number of nitrogens with zero attached hydrogens (tertiary/aromatic N) is 2. The molecule has 0 aliphatic heterocycles. The van der Waals surface area contributed by atoms with Crippen LogP contribution >= 0.6 is 21.6 Å². The molecule has 2 aromatic rings. The average Bonchev–Trinajstić information content (AvgIpc) is 2.60. The van der Waals surface area contributed by atoms with Crippen LogP contribution in [0.1, 0.15) is 21.0 Å². The normalized spacial score (nSPS) is 10.2. The van der Waals surface area contributed by atoms with Crippen LogP contribution in [0.15, 0.2) is 46.5 Å². The fourth-order valence-electron chi connectivity index (χ4n) is 1.72. The summed E-state index contributed by atoms with van der Waals surface area (Å²) >= 11 is 0. The van der Waals surface area contributed by atoms with Crippen LogP contribution in [0.5, 0.6) is 0 Å². The zero-order valence-electron chi connectivity index (χ0n) is 12.8. The molecule has 0 atom stereocenters. The number of hydrogen-bond donors (Lipinski definition) is 2. The molecule has 2 amide bonds. The molecule has 0 fully saturated rings.